The van der Waals surface area contributed by atoms with E-state index in [0.29, 0.717) is 30.2 Å². The van der Waals surface area contributed by atoms with Crippen molar-refractivity contribution < 1.29 is 19.1 Å². The molecular weight excluding hydrogens is 398 g/mol. The van der Waals surface area contributed by atoms with Gasteiger partial charge in [-0.25, -0.2) is 4.98 Å². The molecule has 2 atom stereocenters. The highest BCUT2D eigenvalue weighted by Crippen LogP contribution is 2.23. The quantitative estimate of drug-likeness (QED) is 0.349. The van der Waals surface area contributed by atoms with Crippen LogP contribution in [0.1, 0.15) is 18.5 Å². The van der Waals surface area contributed by atoms with Crippen LogP contribution in [0.5, 0.6) is 5.75 Å². The SMILES string of the molecule is COC(=O)C[C@H]1C[C@@H](COc2ccc(-c3cnc(C(=N)N)cn3)cc2)NC1=O.Cl. The van der Waals surface area contributed by atoms with Crippen LogP contribution < -0.4 is 15.8 Å². The van der Waals surface area contributed by atoms with E-state index in [9.17, 15) is 9.59 Å². The van der Waals surface area contributed by atoms with Gasteiger partial charge in [0.2, 0.25) is 5.91 Å². The van der Waals surface area contributed by atoms with E-state index >= 15 is 0 Å². The second-order valence-electron chi connectivity index (χ2n) is 6.45. The van der Waals surface area contributed by atoms with Gasteiger partial charge in [0.05, 0.1) is 43.6 Å². The molecular formula is C19H22ClN5O4. The fraction of sp³-hybridized carbons (Fsp3) is 0.316. The van der Waals surface area contributed by atoms with Crippen molar-refractivity contribution in [1.29, 1.82) is 5.41 Å². The van der Waals surface area contributed by atoms with Gasteiger partial charge >= 0.3 is 5.97 Å². The fourth-order valence-corrected chi connectivity index (χ4v) is 2.93. The van der Waals surface area contributed by atoms with Crippen molar-refractivity contribution in [3.63, 3.8) is 0 Å². The Morgan fingerprint density at radius 1 is 1.28 bits per heavy atom. The van der Waals surface area contributed by atoms with E-state index in [2.05, 4.69) is 20.0 Å². The Morgan fingerprint density at radius 2 is 2.00 bits per heavy atom. The minimum Gasteiger partial charge on any atom is -0.491 e. The summed E-state index contributed by atoms with van der Waals surface area (Å²) in [5, 5.41) is 10.2. The Labute approximate surface area is 173 Å². The third-order valence-corrected chi connectivity index (χ3v) is 4.46. The summed E-state index contributed by atoms with van der Waals surface area (Å²) in [6.45, 7) is 0.315. The first kappa shape index (κ1) is 22.1. The first-order valence-corrected chi connectivity index (χ1v) is 8.73. The molecule has 0 aliphatic carbocycles. The van der Waals surface area contributed by atoms with Gasteiger partial charge in [0.25, 0.3) is 0 Å². The molecule has 0 bridgehead atoms. The number of carbonyl (C=O) groups is 2. The number of methoxy groups -OCH3 is 1. The van der Waals surface area contributed by atoms with Crippen LogP contribution in [0, 0.1) is 11.3 Å². The molecule has 0 spiro atoms. The minimum atomic E-state index is -0.392. The number of nitrogens with one attached hydrogen (secondary N) is 2. The molecule has 0 unspecified atom stereocenters. The second-order valence-corrected chi connectivity index (χ2v) is 6.45. The van der Waals surface area contributed by atoms with Gasteiger partial charge in [0.15, 0.2) is 0 Å². The smallest absolute Gasteiger partial charge is 0.306 e. The minimum absolute atomic E-state index is 0. The first-order valence-electron chi connectivity index (χ1n) is 8.73. The highest BCUT2D eigenvalue weighted by atomic mass is 35.5. The van der Waals surface area contributed by atoms with Gasteiger partial charge in [0.1, 0.15) is 23.9 Å². The van der Waals surface area contributed by atoms with Gasteiger partial charge in [0, 0.05) is 5.56 Å². The zero-order valence-electron chi connectivity index (χ0n) is 15.8. The lowest BCUT2D eigenvalue weighted by Gasteiger charge is -2.12. The number of hydrogen-bond acceptors (Lipinski definition) is 7. The summed E-state index contributed by atoms with van der Waals surface area (Å²) in [5.41, 5.74) is 7.20. The molecule has 29 heavy (non-hydrogen) atoms. The molecule has 4 N–H and O–H groups in total. The molecule has 2 aromatic rings. The normalized spacial score (nSPS) is 17.8. The number of hydrogen-bond donors (Lipinski definition) is 3. The standard InChI is InChI=1S/C19H21N5O4.ClH/c1-27-17(25)7-12-6-13(24-19(12)26)10-28-14-4-2-11(3-5-14)15-8-23-16(9-22-15)18(20)21;/h2-5,8-9,12-13H,6-7,10H2,1H3,(H3,20,21)(H,24,26);1H/t12-,13+;/m1./s1. The van der Waals surface area contributed by atoms with Crippen LogP contribution in [-0.2, 0) is 14.3 Å². The Morgan fingerprint density at radius 3 is 2.59 bits per heavy atom. The van der Waals surface area contributed by atoms with Crippen LogP contribution in [-0.4, -0.2) is 47.4 Å². The van der Waals surface area contributed by atoms with Crippen LogP contribution in [0.25, 0.3) is 11.3 Å². The topological polar surface area (TPSA) is 140 Å². The Balaban J connectivity index is 0.00000300. The largest absolute Gasteiger partial charge is 0.491 e. The number of halogens is 1. The summed E-state index contributed by atoms with van der Waals surface area (Å²) in [5.74, 6) is -0.392. The molecule has 1 aromatic carbocycles. The van der Waals surface area contributed by atoms with Crippen molar-refractivity contribution in [2.45, 2.75) is 18.9 Å². The number of esters is 1. The van der Waals surface area contributed by atoms with E-state index in [-0.39, 0.29) is 42.5 Å². The maximum absolute atomic E-state index is 11.9. The van der Waals surface area contributed by atoms with Crippen molar-refractivity contribution in [3.8, 4) is 17.0 Å². The van der Waals surface area contributed by atoms with Gasteiger partial charge < -0.3 is 20.5 Å². The molecule has 1 fully saturated rings. The Kier molecular flexibility index (Phi) is 7.49. The van der Waals surface area contributed by atoms with Crippen molar-refractivity contribution in [2.24, 2.45) is 11.7 Å². The van der Waals surface area contributed by atoms with Gasteiger partial charge in [-0.15, -0.1) is 12.4 Å². The molecule has 1 aliphatic heterocycles. The van der Waals surface area contributed by atoms with Crippen LogP contribution in [0.15, 0.2) is 36.7 Å². The molecule has 2 heterocycles. The number of carbonyl (C=O) groups excluding carboxylic acids is 2. The molecule has 3 rings (SSSR count). The van der Waals surface area contributed by atoms with E-state index in [4.69, 9.17) is 15.9 Å². The van der Waals surface area contributed by atoms with Crippen molar-refractivity contribution in [1.82, 2.24) is 15.3 Å². The van der Waals surface area contributed by atoms with Crippen LogP contribution in [0.2, 0.25) is 0 Å². The van der Waals surface area contributed by atoms with Gasteiger partial charge in [-0.2, -0.15) is 0 Å². The number of nitrogens with two attached hydrogens (primary N) is 1. The molecule has 9 nitrogen and oxygen atoms in total. The number of ether oxygens (including phenoxy) is 2. The van der Waals surface area contributed by atoms with E-state index < -0.39 is 5.97 Å². The summed E-state index contributed by atoms with van der Waals surface area (Å²) in [4.78, 5) is 31.6. The number of amides is 1. The zero-order valence-corrected chi connectivity index (χ0v) is 16.6. The van der Waals surface area contributed by atoms with E-state index in [1.54, 1.807) is 18.3 Å². The molecule has 0 saturated carbocycles. The van der Waals surface area contributed by atoms with E-state index in [1.165, 1.54) is 13.3 Å². The van der Waals surface area contributed by atoms with E-state index in [1.807, 2.05) is 12.1 Å². The summed E-state index contributed by atoms with van der Waals surface area (Å²) in [7, 11) is 1.31. The lowest BCUT2D eigenvalue weighted by atomic mass is 10.0. The maximum atomic E-state index is 11.9. The molecule has 1 amide bonds. The Bertz CT molecular complexity index is 873. The van der Waals surface area contributed by atoms with Crippen molar-refractivity contribution in [3.05, 3.63) is 42.4 Å². The molecule has 1 saturated heterocycles. The number of aromatic nitrogens is 2. The second kappa shape index (κ2) is 9.83. The molecule has 0 radical (unpaired) electrons. The van der Waals surface area contributed by atoms with Crippen LogP contribution >= 0.6 is 12.4 Å². The van der Waals surface area contributed by atoms with Crippen molar-refractivity contribution in [2.75, 3.05) is 13.7 Å². The lowest BCUT2D eigenvalue weighted by Crippen LogP contribution is -2.31. The lowest BCUT2D eigenvalue weighted by molar-refractivity contribution is -0.143. The maximum Gasteiger partial charge on any atom is 0.306 e. The van der Waals surface area contributed by atoms with Crippen LogP contribution in [0.4, 0.5) is 0 Å². The zero-order chi connectivity index (χ0) is 20.1. The number of nitrogens with zero attached hydrogens (tertiary/aromatic N) is 2. The number of rotatable bonds is 7. The Hall–Kier alpha value is -3.20. The first-order chi connectivity index (χ1) is 13.5. The third kappa shape index (κ3) is 5.64. The van der Waals surface area contributed by atoms with Crippen LogP contribution in [0.3, 0.4) is 0 Å². The fourth-order valence-electron chi connectivity index (χ4n) is 2.93. The van der Waals surface area contributed by atoms with Gasteiger partial charge in [-0.3, -0.25) is 20.0 Å². The average Bonchev–Trinajstić information content (AvgIpc) is 3.06. The average molecular weight is 420 g/mol. The number of nitrogen functional groups attached to an aromatic ring is 1. The summed E-state index contributed by atoms with van der Waals surface area (Å²) in [6, 6.07) is 7.16. The summed E-state index contributed by atoms with van der Waals surface area (Å²) < 4.78 is 10.4. The number of benzene rings is 1. The molecule has 154 valence electrons. The third-order valence-electron chi connectivity index (χ3n) is 4.46. The highest BCUT2D eigenvalue weighted by molar-refractivity contribution is 5.92. The van der Waals surface area contributed by atoms with Crippen molar-refractivity contribution >= 4 is 30.1 Å². The van der Waals surface area contributed by atoms with Gasteiger partial charge in [-0.05, 0) is 30.7 Å². The molecule has 1 aliphatic rings. The van der Waals surface area contributed by atoms with E-state index in [0.717, 1.165) is 5.56 Å². The predicted octanol–water partition coefficient (Wildman–Crippen LogP) is 1.30. The molecule has 10 heteroatoms. The molecule has 1 aromatic heterocycles. The highest BCUT2D eigenvalue weighted by Gasteiger charge is 2.34. The van der Waals surface area contributed by atoms with Gasteiger partial charge in [-0.1, -0.05) is 0 Å². The summed E-state index contributed by atoms with van der Waals surface area (Å²) >= 11 is 0. The summed E-state index contributed by atoms with van der Waals surface area (Å²) in [6.07, 6.45) is 3.62. The number of amidine groups is 1. The predicted molar refractivity (Wildman–Crippen MR) is 108 cm³/mol. The monoisotopic (exact) mass is 419 g/mol.